The number of hydrogen-bond donors (Lipinski definition) is 2. The number of carbonyl (C=O) groups is 1. The highest BCUT2D eigenvalue weighted by atomic mass is 32.1. The second-order valence-electron chi connectivity index (χ2n) is 8.27. The molecular formula is C21H31N5O2S. The van der Waals surface area contributed by atoms with Gasteiger partial charge in [-0.1, -0.05) is 19.8 Å². The van der Waals surface area contributed by atoms with E-state index >= 15 is 0 Å². The minimum atomic E-state index is -0.317. The number of aromatic amines is 1. The van der Waals surface area contributed by atoms with Gasteiger partial charge in [-0.2, -0.15) is 0 Å². The lowest BCUT2D eigenvalue weighted by Gasteiger charge is -2.49. The molecule has 2 atom stereocenters. The SMILES string of the molecule is CCc1nc(CN2CCO[C@@]3(CCCC[C@H]3NC(=O)c3scnc3C)C2)c(C)[nH]1. The van der Waals surface area contributed by atoms with Gasteiger partial charge >= 0.3 is 0 Å². The molecule has 0 aromatic carbocycles. The molecule has 2 aromatic rings. The molecule has 1 saturated heterocycles. The highest BCUT2D eigenvalue weighted by molar-refractivity contribution is 7.11. The van der Waals surface area contributed by atoms with E-state index in [1.54, 1.807) is 5.51 Å². The van der Waals surface area contributed by atoms with E-state index in [9.17, 15) is 4.79 Å². The zero-order valence-corrected chi connectivity index (χ0v) is 18.4. The molecule has 0 radical (unpaired) electrons. The molecule has 7 nitrogen and oxygen atoms in total. The van der Waals surface area contributed by atoms with Gasteiger partial charge in [-0.25, -0.2) is 9.97 Å². The van der Waals surface area contributed by atoms with Gasteiger partial charge in [0, 0.05) is 31.7 Å². The van der Waals surface area contributed by atoms with Crippen molar-refractivity contribution in [1.29, 1.82) is 0 Å². The molecule has 2 aliphatic rings. The van der Waals surface area contributed by atoms with Gasteiger partial charge in [0.25, 0.3) is 5.91 Å². The summed E-state index contributed by atoms with van der Waals surface area (Å²) < 4.78 is 6.40. The molecule has 8 heteroatoms. The number of carbonyl (C=O) groups excluding carboxylic acids is 1. The van der Waals surface area contributed by atoms with Gasteiger partial charge in [0.2, 0.25) is 0 Å². The third kappa shape index (κ3) is 4.25. The van der Waals surface area contributed by atoms with Crippen molar-refractivity contribution in [1.82, 2.24) is 25.2 Å². The summed E-state index contributed by atoms with van der Waals surface area (Å²) in [5.74, 6) is 1.02. The number of amides is 1. The van der Waals surface area contributed by atoms with Crippen molar-refractivity contribution in [3.8, 4) is 0 Å². The van der Waals surface area contributed by atoms with Crippen LogP contribution in [0.2, 0.25) is 0 Å². The Hall–Kier alpha value is -1.77. The summed E-state index contributed by atoms with van der Waals surface area (Å²) in [6.07, 6.45) is 5.12. The van der Waals surface area contributed by atoms with Crippen molar-refractivity contribution < 1.29 is 9.53 Å². The van der Waals surface area contributed by atoms with Gasteiger partial charge in [-0.05, 0) is 26.7 Å². The smallest absolute Gasteiger partial charge is 0.263 e. The van der Waals surface area contributed by atoms with Crippen LogP contribution in [0.15, 0.2) is 5.51 Å². The minimum Gasteiger partial charge on any atom is -0.370 e. The van der Waals surface area contributed by atoms with Gasteiger partial charge in [0.15, 0.2) is 0 Å². The van der Waals surface area contributed by atoms with Crippen molar-refractivity contribution in [2.45, 2.75) is 71.1 Å². The van der Waals surface area contributed by atoms with Crippen molar-refractivity contribution >= 4 is 17.2 Å². The molecule has 1 amide bonds. The first-order valence-electron chi connectivity index (χ1n) is 10.6. The summed E-state index contributed by atoms with van der Waals surface area (Å²) in [5, 5.41) is 3.29. The molecule has 0 unspecified atom stereocenters. The topological polar surface area (TPSA) is 83.1 Å². The largest absolute Gasteiger partial charge is 0.370 e. The van der Waals surface area contributed by atoms with Crippen LogP contribution in [0.25, 0.3) is 0 Å². The van der Waals surface area contributed by atoms with Crippen LogP contribution in [0.5, 0.6) is 0 Å². The molecule has 158 valence electrons. The van der Waals surface area contributed by atoms with Crippen molar-refractivity contribution in [2.75, 3.05) is 19.7 Å². The maximum absolute atomic E-state index is 12.8. The molecule has 0 bridgehead atoms. The molecule has 1 aliphatic heterocycles. The fraction of sp³-hybridized carbons (Fsp3) is 0.667. The third-order valence-electron chi connectivity index (χ3n) is 6.27. The summed E-state index contributed by atoms with van der Waals surface area (Å²) >= 11 is 1.40. The van der Waals surface area contributed by atoms with Gasteiger partial charge in [-0.3, -0.25) is 9.69 Å². The highest BCUT2D eigenvalue weighted by Crippen LogP contribution is 2.35. The Morgan fingerprint density at radius 3 is 3.03 bits per heavy atom. The number of nitrogens with zero attached hydrogens (tertiary/aromatic N) is 3. The van der Waals surface area contributed by atoms with Crippen LogP contribution in [0.4, 0.5) is 0 Å². The lowest BCUT2D eigenvalue weighted by atomic mass is 9.78. The number of ether oxygens (including phenoxy) is 1. The van der Waals surface area contributed by atoms with E-state index in [1.165, 1.54) is 11.3 Å². The van der Waals surface area contributed by atoms with Crippen LogP contribution in [0.3, 0.4) is 0 Å². The van der Waals surface area contributed by atoms with Crippen LogP contribution in [0, 0.1) is 13.8 Å². The fourth-order valence-corrected chi connectivity index (χ4v) is 5.34. The number of rotatable bonds is 5. The van der Waals surface area contributed by atoms with E-state index < -0.39 is 0 Å². The first-order chi connectivity index (χ1) is 14.0. The summed E-state index contributed by atoms with van der Waals surface area (Å²) in [6.45, 7) is 9.33. The average Bonchev–Trinajstić information content (AvgIpc) is 3.29. The molecule has 4 rings (SSSR count). The second-order valence-corrected chi connectivity index (χ2v) is 9.13. The first-order valence-corrected chi connectivity index (χ1v) is 11.5. The van der Waals surface area contributed by atoms with E-state index in [4.69, 9.17) is 9.72 Å². The number of nitrogens with one attached hydrogen (secondary N) is 2. The van der Waals surface area contributed by atoms with Gasteiger partial charge in [0.05, 0.1) is 29.5 Å². The quantitative estimate of drug-likeness (QED) is 0.781. The number of aryl methyl sites for hydroxylation is 3. The Balaban J connectivity index is 1.48. The fourth-order valence-electron chi connectivity index (χ4n) is 4.63. The van der Waals surface area contributed by atoms with Gasteiger partial charge in [-0.15, -0.1) is 11.3 Å². The predicted octanol–water partition coefficient (Wildman–Crippen LogP) is 2.99. The van der Waals surface area contributed by atoms with E-state index in [0.29, 0.717) is 11.5 Å². The van der Waals surface area contributed by atoms with Crippen molar-refractivity contribution in [3.63, 3.8) is 0 Å². The van der Waals surface area contributed by atoms with Crippen molar-refractivity contribution in [3.05, 3.63) is 33.3 Å². The van der Waals surface area contributed by atoms with E-state index in [2.05, 4.69) is 34.0 Å². The average molecular weight is 418 g/mol. The number of aromatic nitrogens is 3. The molecule has 1 spiro atoms. The van der Waals surface area contributed by atoms with E-state index in [0.717, 1.165) is 74.6 Å². The van der Waals surface area contributed by atoms with E-state index in [-0.39, 0.29) is 17.6 Å². The molecule has 1 saturated carbocycles. The summed E-state index contributed by atoms with van der Waals surface area (Å²) in [7, 11) is 0. The van der Waals surface area contributed by atoms with Crippen LogP contribution in [-0.4, -0.2) is 57.1 Å². The van der Waals surface area contributed by atoms with Gasteiger partial charge < -0.3 is 15.0 Å². The molecule has 3 heterocycles. The zero-order chi connectivity index (χ0) is 20.4. The summed E-state index contributed by atoms with van der Waals surface area (Å²) in [4.78, 5) is 28.3. The number of thiazole rings is 1. The Bertz CT molecular complexity index is 859. The first kappa shape index (κ1) is 20.5. The third-order valence-corrected chi connectivity index (χ3v) is 7.19. The molecule has 29 heavy (non-hydrogen) atoms. The standard InChI is InChI=1S/C21H31N5O2S/c1-4-18-23-14(2)16(24-18)11-26-9-10-28-21(12-26)8-6-5-7-17(21)25-20(27)19-15(3)22-13-29-19/h13,17H,4-12H2,1-3H3,(H,23,24)(H,25,27)/t17-,21+/m1/s1. The van der Waals surface area contributed by atoms with Crippen LogP contribution >= 0.6 is 11.3 Å². The van der Waals surface area contributed by atoms with Crippen LogP contribution in [0.1, 0.15) is 65.2 Å². The molecule has 2 fully saturated rings. The predicted molar refractivity (Wildman–Crippen MR) is 113 cm³/mol. The zero-order valence-electron chi connectivity index (χ0n) is 17.6. The van der Waals surface area contributed by atoms with Crippen LogP contribution in [-0.2, 0) is 17.7 Å². The number of hydrogen-bond acceptors (Lipinski definition) is 6. The molecule has 2 aromatic heterocycles. The van der Waals surface area contributed by atoms with Crippen molar-refractivity contribution in [2.24, 2.45) is 0 Å². The normalized spacial score (nSPS) is 25.4. The minimum absolute atomic E-state index is 0.0206. The Kier molecular flexibility index (Phi) is 6.03. The second kappa shape index (κ2) is 8.53. The Morgan fingerprint density at radius 1 is 1.45 bits per heavy atom. The lowest BCUT2D eigenvalue weighted by Crippen LogP contribution is -2.63. The Morgan fingerprint density at radius 2 is 2.31 bits per heavy atom. The summed E-state index contributed by atoms with van der Waals surface area (Å²) in [5.41, 5.74) is 4.48. The monoisotopic (exact) mass is 417 g/mol. The van der Waals surface area contributed by atoms with Crippen LogP contribution < -0.4 is 5.32 Å². The summed E-state index contributed by atoms with van der Waals surface area (Å²) in [6, 6.07) is 0.0273. The molecule has 1 aliphatic carbocycles. The lowest BCUT2D eigenvalue weighted by molar-refractivity contribution is -0.143. The Labute approximate surface area is 176 Å². The maximum atomic E-state index is 12.8. The van der Waals surface area contributed by atoms with E-state index in [1.807, 2.05) is 6.92 Å². The maximum Gasteiger partial charge on any atom is 0.263 e. The highest BCUT2D eigenvalue weighted by Gasteiger charge is 2.46. The molecule has 2 N–H and O–H groups in total. The molecular weight excluding hydrogens is 386 g/mol. The van der Waals surface area contributed by atoms with Gasteiger partial charge in [0.1, 0.15) is 16.3 Å². The number of morpholine rings is 1. The number of H-pyrrole nitrogens is 1. The number of imidazole rings is 1.